The lowest BCUT2D eigenvalue weighted by atomic mass is 9.80. The van der Waals surface area contributed by atoms with E-state index in [0.29, 0.717) is 29.5 Å². The SMILES string of the molecule is O=C1CCC=C2Nc3nc(SCc4ccccc4)nn3[C@H](c3ccccc3F)[C@@H]12. The van der Waals surface area contributed by atoms with Gasteiger partial charge in [0, 0.05) is 23.4 Å². The number of allylic oxidation sites excluding steroid dienone is 2. The number of halogens is 1. The number of hydrogen-bond donors (Lipinski definition) is 1. The molecule has 0 amide bonds. The summed E-state index contributed by atoms with van der Waals surface area (Å²) in [4.78, 5) is 17.4. The molecule has 1 aliphatic carbocycles. The summed E-state index contributed by atoms with van der Waals surface area (Å²) in [6.07, 6.45) is 3.17. The lowest BCUT2D eigenvalue weighted by Crippen LogP contribution is -2.39. The van der Waals surface area contributed by atoms with Gasteiger partial charge in [0.15, 0.2) is 0 Å². The number of carbonyl (C=O) groups excluding carboxylic acids is 1. The Balaban J connectivity index is 1.54. The molecule has 0 saturated heterocycles. The Morgan fingerprint density at radius 1 is 1.14 bits per heavy atom. The number of anilines is 1. The highest BCUT2D eigenvalue weighted by Crippen LogP contribution is 2.42. The number of hydrogen-bond acceptors (Lipinski definition) is 5. The predicted molar refractivity (Wildman–Crippen MR) is 110 cm³/mol. The normalized spacial score (nSPS) is 20.4. The van der Waals surface area contributed by atoms with Crippen LogP contribution in [0.4, 0.5) is 10.3 Å². The molecule has 0 radical (unpaired) electrons. The number of thioether (sulfide) groups is 1. The minimum atomic E-state index is -0.537. The summed E-state index contributed by atoms with van der Waals surface area (Å²) >= 11 is 1.52. The minimum absolute atomic E-state index is 0.0999. The van der Waals surface area contributed by atoms with E-state index in [2.05, 4.69) is 27.5 Å². The number of Topliss-reactive ketones (excluding diaryl/α,β-unsaturated/α-hetero) is 1. The number of carbonyl (C=O) groups is 1. The molecule has 0 spiro atoms. The third-order valence-corrected chi connectivity index (χ3v) is 6.23. The lowest BCUT2D eigenvalue weighted by Gasteiger charge is -2.36. The molecular weight excluding hydrogens is 387 g/mol. The van der Waals surface area contributed by atoms with Crippen LogP contribution < -0.4 is 5.32 Å². The zero-order chi connectivity index (χ0) is 19.8. The smallest absolute Gasteiger partial charge is 0.227 e. The lowest BCUT2D eigenvalue weighted by molar-refractivity contribution is -0.123. The van der Waals surface area contributed by atoms with Crippen LogP contribution in [0.25, 0.3) is 0 Å². The van der Waals surface area contributed by atoms with E-state index in [9.17, 15) is 9.18 Å². The van der Waals surface area contributed by atoms with Crippen molar-refractivity contribution < 1.29 is 9.18 Å². The first-order chi connectivity index (χ1) is 14.2. The van der Waals surface area contributed by atoms with Crippen molar-refractivity contribution in [1.82, 2.24) is 14.8 Å². The maximum atomic E-state index is 14.7. The van der Waals surface area contributed by atoms with E-state index in [1.54, 1.807) is 22.9 Å². The number of fused-ring (bicyclic) bond motifs is 2. The van der Waals surface area contributed by atoms with Gasteiger partial charge in [-0.2, -0.15) is 4.98 Å². The molecule has 0 unspecified atom stereocenters. The highest BCUT2D eigenvalue weighted by atomic mass is 32.2. The number of benzene rings is 2. The van der Waals surface area contributed by atoms with E-state index in [-0.39, 0.29) is 11.6 Å². The van der Waals surface area contributed by atoms with Crippen molar-refractivity contribution in [2.45, 2.75) is 29.8 Å². The molecule has 29 heavy (non-hydrogen) atoms. The summed E-state index contributed by atoms with van der Waals surface area (Å²) in [7, 11) is 0. The molecule has 1 aliphatic heterocycles. The molecule has 5 rings (SSSR count). The molecule has 5 nitrogen and oxygen atoms in total. The van der Waals surface area contributed by atoms with Gasteiger partial charge >= 0.3 is 0 Å². The number of nitrogens with one attached hydrogen (secondary N) is 1. The molecule has 2 atom stereocenters. The molecule has 3 aromatic rings. The van der Waals surface area contributed by atoms with Crippen molar-refractivity contribution in [1.29, 1.82) is 0 Å². The first-order valence-corrected chi connectivity index (χ1v) is 10.6. The fourth-order valence-electron chi connectivity index (χ4n) is 3.96. The van der Waals surface area contributed by atoms with Crippen LogP contribution in [-0.2, 0) is 10.5 Å². The quantitative estimate of drug-likeness (QED) is 0.643. The Morgan fingerprint density at radius 2 is 1.93 bits per heavy atom. The van der Waals surface area contributed by atoms with E-state index in [1.165, 1.54) is 23.4 Å². The molecule has 1 N–H and O–H groups in total. The van der Waals surface area contributed by atoms with Crippen molar-refractivity contribution >= 4 is 23.5 Å². The van der Waals surface area contributed by atoms with Crippen LogP contribution in [0.2, 0.25) is 0 Å². The number of ketones is 1. The van der Waals surface area contributed by atoms with E-state index in [0.717, 1.165) is 11.4 Å². The third kappa shape index (κ3) is 3.35. The van der Waals surface area contributed by atoms with Crippen molar-refractivity contribution in [3.63, 3.8) is 0 Å². The second-order valence-corrected chi connectivity index (χ2v) is 8.11. The van der Waals surface area contributed by atoms with Crippen molar-refractivity contribution in [3.8, 4) is 0 Å². The van der Waals surface area contributed by atoms with E-state index in [1.807, 2.05) is 24.3 Å². The zero-order valence-electron chi connectivity index (χ0n) is 15.6. The zero-order valence-corrected chi connectivity index (χ0v) is 16.4. The van der Waals surface area contributed by atoms with Gasteiger partial charge in [-0.05, 0) is 18.1 Å². The molecule has 2 heterocycles. The topological polar surface area (TPSA) is 59.8 Å². The van der Waals surface area contributed by atoms with Crippen molar-refractivity contribution in [2.75, 3.05) is 5.32 Å². The van der Waals surface area contributed by atoms with Crippen LogP contribution in [0.1, 0.15) is 30.0 Å². The van der Waals surface area contributed by atoms with Crippen molar-refractivity contribution in [2.24, 2.45) is 5.92 Å². The second-order valence-electron chi connectivity index (χ2n) is 7.17. The molecule has 0 bridgehead atoms. The standard InChI is InChI=1S/C22H19FN4OS/c23-16-10-5-4-9-15(16)20-19-17(11-6-12-18(19)28)24-21-25-22(26-27(20)21)29-13-14-7-2-1-3-8-14/h1-5,7-11,19-20H,6,12-13H2,(H,24,25,26)/t19-,20-/m1/s1. The van der Waals surface area contributed by atoms with Gasteiger partial charge in [0.2, 0.25) is 11.1 Å². The number of rotatable bonds is 4. The van der Waals surface area contributed by atoms with Crippen LogP contribution in [0.15, 0.2) is 71.5 Å². The van der Waals surface area contributed by atoms with Crippen LogP contribution in [0.3, 0.4) is 0 Å². The minimum Gasteiger partial charge on any atom is -0.328 e. The van der Waals surface area contributed by atoms with Gasteiger partial charge in [-0.25, -0.2) is 9.07 Å². The largest absolute Gasteiger partial charge is 0.328 e. The van der Waals surface area contributed by atoms with Crippen LogP contribution in [-0.4, -0.2) is 20.5 Å². The summed E-state index contributed by atoms with van der Waals surface area (Å²) < 4.78 is 16.4. The van der Waals surface area contributed by atoms with E-state index in [4.69, 9.17) is 0 Å². The highest BCUT2D eigenvalue weighted by Gasteiger charge is 2.42. The van der Waals surface area contributed by atoms with Gasteiger partial charge in [-0.15, -0.1) is 5.10 Å². The van der Waals surface area contributed by atoms with Gasteiger partial charge in [0.05, 0.1) is 12.0 Å². The van der Waals surface area contributed by atoms with Crippen LogP contribution in [0.5, 0.6) is 0 Å². The average Bonchev–Trinajstić information content (AvgIpc) is 3.15. The van der Waals surface area contributed by atoms with Crippen LogP contribution >= 0.6 is 11.8 Å². The van der Waals surface area contributed by atoms with Gasteiger partial charge in [0.1, 0.15) is 11.6 Å². The number of aromatic nitrogens is 3. The molecule has 0 saturated carbocycles. The van der Waals surface area contributed by atoms with Gasteiger partial charge < -0.3 is 5.32 Å². The Labute approximate surface area is 172 Å². The fourth-order valence-corrected chi connectivity index (χ4v) is 4.75. The summed E-state index contributed by atoms with van der Waals surface area (Å²) in [5.74, 6) is 0.576. The highest BCUT2D eigenvalue weighted by molar-refractivity contribution is 7.98. The van der Waals surface area contributed by atoms with Crippen LogP contribution in [0, 0.1) is 11.7 Å². The summed E-state index contributed by atoms with van der Waals surface area (Å²) in [5, 5.41) is 8.51. The first-order valence-electron chi connectivity index (χ1n) is 9.58. The molecule has 2 aromatic carbocycles. The molecule has 0 fully saturated rings. The van der Waals surface area contributed by atoms with E-state index < -0.39 is 12.0 Å². The maximum absolute atomic E-state index is 14.7. The Bertz CT molecular complexity index is 1100. The summed E-state index contributed by atoms with van der Waals surface area (Å²) in [5.41, 5.74) is 2.44. The van der Waals surface area contributed by atoms with Gasteiger partial charge in [-0.1, -0.05) is 66.4 Å². The first kappa shape index (κ1) is 18.1. The second kappa shape index (κ2) is 7.48. The predicted octanol–water partition coefficient (Wildman–Crippen LogP) is 4.59. The Hall–Kier alpha value is -2.93. The Kier molecular flexibility index (Phi) is 4.67. The molecule has 2 aliphatic rings. The fraction of sp³-hybridized carbons (Fsp3) is 0.227. The summed E-state index contributed by atoms with van der Waals surface area (Å²) in [6, 6.07) is 16.2. The maximum Gasteiger partial charge on any atom is 0.227 e. The van der Waals surface area contributed by atoms with Gasteiger partial charge in [0.25, 0.3) is 0 Å². The van der Waals surface area contributed by atoms with E-state index >= 15 is 0 Å². The molecule has 7 heteroatoms. The molecular formula is C22H19FN4OS. The van der Waals surface area contributed by atoms with Gasteiger partial charge in [-0.3, -0.25) is 4.79 Å². The van der Waals surface area contributed by atoms with Crippen molar-refractivity contribution in [3.05, 3.63) is 83.3 Å². The monoisotopic (exact) mass is 406 g/mol. The average molecular weight is 406 g/mol. The third-order valence-electron chi connectivity index (χ3n) is 5.32. The molecule has 1 aromatic heterocycles. The molecule has 146 valence electrons. The Morgan fingerprint density at radius 3 is 2.76 bits per heavy atom. The summed E-state index contributed by atoms with van der Waals surface area (Å²) in [6.45, 7) is 0. The number of nitrogens with zero attached hydrogens (tertiary/aromatic N) is 3.